The van der Waals surface area contributed by atoms with Crippen molar-refractivity contribution in [3.8, 4) is 0 Å². The molecule has 0 saturated carbocycles. The van der Waals surface area contributed by atoms with E-state index in [1.54, 1.807) is 19.2 Å². The van der Waals surface area contributed by atoms with E-state index in [9.17, 15) is 9.59 Å². The number of ether oxygens (including phenoxy) is 1. The summed E-state index contributed by atoms with van der Waals surface area (Å²) in [5.41, 5.74) is 1.19. The Bertz CT molecular complexity index is 626. The molecule has 0 spiro atoms. The molecule has 0 atom stereocenters. The number of esters is 1. The van der Waals surface area contributed by atoms with E-state index in [1.807, 2.05) is 42.5 Å². The van der Waals surface area contributed by atoms with Gasteiger partial charge in [-0.25, -0.2) is 4.79 Å². The van der Waals surface area contributed by atoms with Crippen LogP contribution < -0.4 is 4.90 Å². The summed E-state index contributed by atoms with van der Waals surface area (Å²) in [4.78, 5) is 25.3. The van der Waals surface area contributed by atoms with Crippen LogP contribution in [0.3, 0.4) is 0 Å². The van der Waals surface area contributed by atoms with Gasteiger partial charge in [0.25, 0.3) is 5.91 Å². The van der Waals surface area contributed by atoms with Gasteiger partial charge in [-0.1, -0.05) is 18.2 Å². The maximum atomic E-state index is 12.0. The lowest BCUT2D eigenvalue weighted by Gasteiger charge is -2.17. The monoisotopic (exact) mass is 395 g/mol. The number of para-hydroxylation sites is 1. The van der Waals surface area contributed by atoms with E-state index in [0.29, 0.717) is 5.56 Å². The highest BCUT2D eigenvalue weighted by Gasteiger charge is 2.14. The molecule has 4 nitrogen and oxygen atoms in total. The molecule has 0 aliphatic heterocycles. The maximum Gasteiger partial charge on any atom is 0.338 e. The average molecular weight is 395 g/mol. The average Bonchev–Trinajstić information content (AvgIpc) is 2.53. The van der Waals surface area contributed by atoms with Gasteiger partial charge >= 0.3 is 5.97 Å². The first-order valence-electron chi connectivity index (χ1n) is 6.32. The molecule has 2 aromatic rings. The smallest absolute Gasteiger partial charge is 0.338 e. The van der Waals surface area contributed by atoms with Gasteiger partial charge in [-0.2, -0.15) is 0 Å². The molecule has 1 amide bonds. The zero-order valence-corrected chi connectivity index (χ0v) is 13.6. The van der Waals surface area contributed by atoms with Crippen molar-refractivity contribution in [1.82, 2.24) is 0 Å². The lowest BCUT2D eigenvalue weighted by molar-refractivity contribution is -0.121. The van der Waals surface area contributed by atoms with E-state index in [4.69, 9.17) is 4.74 Å². The molecule has 0 aromatic heterocycles. The lowest BCUT2D eigenvalue weighted by Crippen LogP contribution is -2.31. The van der Waals surface area contributed by atoms with Crippen LogP contribution in [-0.2, 0) is 9.53 Å². The number of rotatable bonds is 4. The Balaban J connectivity index is 1.92. The number of benzene rings is 2. The van der Waals surface area contributed by atoms with Crippen LogP contribution in [-0.4, -0.2) is 25.5 Å². The molecule has 5 heteroatoms. The van der Waals surface area contributed by atoms with E-state index >= 15 is 0 Å². The van der Waals surface area contributed by atoms with Crippen molar-refractivity contribution in [2.45, 2.75) is 0 Å². The highest BCUT2D eigenvalue weighted by atomic mass is 127. The Morgan fingerprint density at radius 1 is 1.05 bits per heavy atom. The van der Waals surface area contributed by atoms with Gasteiger partial charge in [-0.05, 0) is 59.0 Å². The fraction of sp³-hybridized carbons (Fsp3) is 0.125. The third-order valence-corrected chi connectivity index (χ3v) is 3.64. The molecule has 0 N–H and O–H groups in total. The Kier molecular flexibility index (Phi) is 5.32. The molecular formula is C16H14INO3. The molecule has 0 heterocycles. The molecule has 0 saturated heterocycles. The Hall–Kier alpha value is -1.89. The fourth-order valence-electron chi connectivity index (χ4n) is 1.69. The highest BCUT2D eigenvalue weighted by molar-refractivity contribution is 14.1. The van der Waals surface area contributed by atoms with Crippen molar-refractivity contribution in [1.29, 1.82) is 0 Å². The normalized spacial score (nSPS) is 10.0. The zero-order chi connectivity index (χ0) is 15.2. The van der Waals surface area contributed by atoms with Crippen LogP contribution in [0.1, 0.15) is 10.4 Å². The van der Waals surface area contributed by atoms with Crippen LogP contribution in [0.25, 0.3) is 0 Å². The summed E-state index contributed by atoms with van der Waals surface area (Å²) in [5, 5.41) is 0. The van der Waals surface area contributed by atoms with Crippen LogP contribution in [0, 0.1) is 3.57 Å². The van der Waals surface area contributed by atoms with E-state index in [-0.39, 0.29) is 12.5 Å². The summed E-state index contributed by atoms with van der Waals surface area (Å²) in [6.07, 6.45) is 0. The summed E-state index contributed by atoms with van der Waals surface area (Å²) in [6.45, 7) is -0.282. The predicted octanol–water partition coefficient (Wildman–Crippen LogP) is 3.11. The summed E-state index contributed by atoms with van der Waals surface area (Å²) >= 11 is 2.15. The van der Waals surface area contributed by atoms with Gasteiger partial charge in [0.05, 0.1) is 5.56 Å². The van der Waals surface area contributed by atoms with Gasteiger partial charge in [0.15, 0.2) is 6.61 Å². The van der Waals surface area contributed by atoms with Gasteiger partial charge in [0, 0.05) is 16.3 Å². The minimum Gasteiger partial charge on any atom is -0.452 e. The van der Waals surface area contributed by atoms with E-state index in [0.717, 1.165) is 9.26 Å². The summed E-state index contributed by atoms with van der Waals surface area (Å²) < 4.78 is 6.07. The van der Waals surface area contributed by atoms with Crippen molar-refractivity contribution in [3.63, 3.8) is 0 Å². The van der Waals surface area contributed by atoms with E-state index in [1.165, 1.54) is 4.90 Å². The van der Waals surface area contributed by atoms with Crippen molar-refractivity contribution in [3.05, 3.63) is 63.7 Å². The number of hydrogen-bond acceptors (Lipinski definition) is 3. The SMILES string of the molecule is CN(C(=O)COC(=O)c1ccc(I)cc1)c1ccccc1. The third kappa shape index (κ3) is 4.29. The molecule has 0 aliphatic carbocycles. The van der Waals surface area contributed by atoms with Crippen LogP contribution in [0.5, 0.6) is 0 Å². The largest absolute Gasteiger partial charge is 0.452 e. The summed E-state index contributed by atoms with van der Waals surface area (Å²) in [6, 6.07) is 16.2. The molecule has 108 valence electrons. The summed E-state index contributed by atoms with van der Waals surface area (Å²) in [5.74, 6) is -0.777. The second kappa shape index (κ2) is 7.21. The number of hydrogen-bond donors (Lipinski definition) is 0. The van der Waals surface area contributed by atoms with E-state index in [2.05, 4.69) is 22.6 Å². The number of nitrogens with zero attached hydrogens (tertiary/aromatic N) is 1. The van der Waals surface area contributed by atoms with Crippen LogP contribution in [0.4, 0.5) is 5.69 Å². The first-order chi connectivity index (χ1) is 10.1. The molecular weight excluding hydrogens is 381 g/mol. The highest BCUT2D eigenvalue weighted by Crippen LogP contribution is 2.12. The van der Waals surface area contributed by atoms with Gasteiger partial charge < -0.3 is 9.64 Å². The van der Waals surface area contributed by atoms with Crippen LogP contribution >= 0.6 is 22.6 Å². The lowest BCUT2D eigenvalue weighted by atomic mass is 10.2. The van der Waals surface area contributed by atoms with Crippen molar-refractivity contribution in [2.24, 2.45) is 0 Å². The number of amides is 1. The number of carbonyl (C=O) groups is 2. The van der Waals surface area contributed by atoms with Gasteiger partial charge in [0.2, 0.25) is 0 Å². The second-order valence-corrected chi connectivity index (χ2v) is 5.62. The first-order valence-corrected chi connectivity index (χ1v) is 7.40. The molecule has 2 rings (SSSR count). The number of likely N-dealkylation sites (N-methyl/N-ethyl adjacent to an activating group) is 1. The fourth-order valence-corrected chi connectivity index (χ4v) is 2.05. The minimum absolute atomic E-state index is 0.278. The van der Waals surface area contributed by atoms with Gasteiger partial charge in [-0.3, -0.25) is 4.79 Å². The maximum absolute atomic E-state index is 12.0. The van der Waals surface area contributed by atoms with Gasteiger partial charge in [-0.15, -0.1) is 0 Å². The molecule has 21 heavy (non-hydrogen) atoms. The van der Waals surface area contributed by atoms with E-state index < -0.39 is 5.97 Å². The molecule has 0 radical (unpaired) electrons. The Labute approximate surface area is 136 Å². The van der Waals surface area contributed by atoms with Crippen molar-refractivity contribution < 1.29 is 14.3 Å². The number of halogens is 1. The topological polar surface area (TPSA) is 46.6 Å². The van der Waals surface area contributed by atoms with Crippen molar-refractivity contribution in [2.75, 3.05) is 18.6 Å². The van der Waals surface area contributed by atoms with Crippen LogP contribution in [0.2, 0.25) is 0 Å². The number of anilines is 1. The quantitative estimate of drug-likeness (QED) is 0.591. The molecule has 0 aliphatic rings. The Morgan fingerprint density at radius 2 is 1.67 bits per heavy atom. The van der Waals surface area contributed by atoms with Crippen LogP contribution in [0.15, 0.2) is 54.6 Å². The number of carbonyl (C=O) groups excluding carboxylic acids is 2. The predicted molar refractivity (Wildman–Crippen MR) is 89.3 cm³/mol. The molecule has 0 unspecified atom stereocenters. The minimum atomic E-state index is -0.499. The first kappa shape index (κ1) is 15.5. The standard InChI is InChI=1S/C16H14INO3/c1-18(14-5-3-2-4-6-14)15(19)11-21-16(20)12-7-9-13(17)10-8-12/h2-10H,11H2,1H3. The third-order valence-electron chi connectivity index (χ3n) is 2.92. The summed E-state index contributed by atoms with van der Waals surface area (Å²) in [7, 11) is 1.65. The van der Waals surface area contributed by atoms with Gasteiger partial charge in [0.1, 0.15) is 0 Å². The molecule has 0 fully saturated rings. The molecule has 0 bridgehead atoms. The van der Waals surface area contributed by atoms with Crippen molar-refractivity contribution >= 4 is 40.2 Å². The Morgan fingerprint density at radius 3 is 2.29 bits per heavy atom. The molecule has 2 aromatic carbocycles. The zero-order valence-electron chi connectivity index (χ0n) is 11.5. The second-order valence-electron chi connectivity index (χ2n) is 4.37.